The summed E-state index contributed by atoms with van der Waals surface area (Å²) in [7, 11) is 0. The monoisotopic (exact) mass is 227 g/mol. The standard InChI is InChI=1S/C14H29NO/c1-11(2)16-9-8-12(14(3,4)5)10-15-13-6-7-13/h11-13,15H,6-10H2,1-5H3. The van der Waals surface area contributed by atoms with Crippen molar-refractivity contribution in [3.8, 4) is 0 Å². The van der Waals surface area contributed by atoms with Crippen LogP contribution in [0, 0.1) is 11.3 Å². The largest absolute Gasteiger partial charge is 0.379 e. The average molecular weight is 227 g/mol. The van der Waals surface area contributed by atoms with Gasteiger partial charge in [-0.2, -0.15) is 0 Å². The van der Waals surface area contributed by atoms with Gasteiger partial charge in [0, 0.05) is 12.6 Å². The lowest BCUT2D eigenvalue weighted by atomic mass is 9.79. The lowest BCUT2D eigenvalue weighted by molar-refractivity contribution is 0.0546. The molecule has 0 aromatic carbocycles. The van der Waals surface area contributed by atoms with E-state index in [4.69, 9.17) is 4.74 Å². The van der Waals surface area contributed by atoms with Crippen molar-refractivity contribution >= 4 is 0 Å². The maximum absolute atomic E-state index is 5.66. The molecule has 0 amide bonds. The van der Waals surface area contributed by atoms with E-state index in [1.807, 2.05) is 0 Å². The second-order valence-corrected chi connectivity index (χ2v) is 6.45. The Morgan fingerprint density at radius 3 is 2.31 bits per heavy atom. The van der Waals surface area contributed by atoms with Crippen molar-refractivity contribution in [2.75, 3.05) is 13.2 Å². The van der Waals surface area contributed by atoms with Crippen molar-refractivity contribution in [1.82, 2.24) is 5.32 Å². The smallest absolute Gasteiger partial charge is 0.0518 e. The molecule has 1 aliphatic carbocycles. The summed E-state index contributed by atoms with van der Waals surface area (Å²) in [4.78, 5) is 0. The minimum Gasteiger partial charge on any atom is -0.379 e. The van der Waals surface area contributed by atoms with Gasteiger partial charge in [-0.05, 0) is 51.0 Å². The molecular weight excluding hydrogens is 198 g/mol. The summed E-state index contributed by atoms with van der Waals surface area (Å²) in [6.07, 6.45) is 4.28. The lowest BCUT2D eigenvalue weighted by Gasteiger charge is -2.31. The molecule has 0 heterocycles. The zero-order chi connectivity index (χ0) is 12.2. The molecule has 2 heteroatoms. The van der Waals surface area contributed by atoms with Crippen molar-refractivity contribution in [2.24, 2.45) is 11.3 Å². The van der Waals surface area contributed by atoms with Crippen molar-refractivity contribution in [3.05, 3.63) is 0 Å². The van der Waals surface area contributed by atoms with Gasteiger partial charge in [0.15, 0.2) is 0 Å². The van der Waals surface area contributed by atoms with Gasteiger partial charge in [0.1, 0.15) is 0 Å². The molecule has 16 heavy (non-hydrogen) atoms. The highest BCUT2D eigenvalue weighted by Crippen LogP contribution is 2.29. The van der Waals surface area contributed by atoms with E-state index in [1.165, 1.54) is 19.3 Å². The first-order valence-electron chi connectivity index (χ1n) is 6.74. The van der Waals surface area contributed by atoms with E-state index < -0.39 is 0 Å². The van der Waals surface area contributed by atoms with Crippen LogP contribution in [0.15, 0.2) is 0 Å². The average Bonchev–Trinajstić information content (AvgIpc) is 2.91. The molecule has 0 spiro atoms. The molecule has 0 aromatic heterocycles. The van der Waals surface area contributed by atoms with Crippen LogP contribution < -0.4 is 5.32 Å². The molecule has 2 nitrogen and oxygen atoms in total. The Balaban J connectivity index is 2.25. The predicted molar refractivity (Wildman–Crippen MR) is 69.7 cm³/mol. The predicted octanol–water partition coefficient (Wildman–Crippen LogP) is 3.22. The molecule has 96 valence electrons. The molecule has 0 bridgehead atoms. The van der Waals surface area contributed by atoms with Crippen molar-refractivity contribution in [2.45, 2.75) is 66.0 Å². The van der Waals surface area contributed by atoms with Crippen LogP contribution in [0.3, 0.4) is 0 Å². The molecule has 1 saturated carbocycles. The minimum absolute atomic E-state index is 0.358. The quantitative estimate of drug-likeness (QED) is 0.721. The molecule has 0 aromatic rings. The first kappa shape index (κ1) is 14.0. The number of hydrogen-bond donors (Lipinski definition) is 1. The van der Waals surface area contributed by atoms with E-state index in [0.29, 0.717) is 17.4 Å². The SMILES string of the molecule is CC(C)OCCC(CNC1CC1)C(C)(C)C. The van der Waals surface area contributed by atoms with Crippen LogP contribution in [0.4, 0.5) is 0 Å². The first-order valence-corrected chi connectivity index (χ1v) is 6.74. The van der Waals surface area contributed by atoms with Crippen molar-refractivity contribution < 1.29 is 4.74 Å². The molecule has 1 rings (SSSR count). The Labute approximate surface area is 101 Å². The van der Waals surface area contributed by atoms with Gasteiger partial charge in [0.05, 0.1) is 6.10 Å². The summed E-state index contributed by atoms with van der Waals surface area (Å²) in [5, 5.41) is 3.65. The van der Waals surface area contributed by atoms with Gasteiger partial charge in [-0.15, -0.1) is 0 Å². The fourth-order valence-corrected chi connectivity index (χ4v) is 1.88. The zero-order valence-corrected chi connectivity index (χ0v) is 11.7. The van der Waals surface area contributed by atoms with Gasteiger partial charge >= 0.3 is 0 Å². The van der Waals surface area contributed by atoms with Crippen LogP contribution in [0.1, 0.15) is 53.9 Å². The highest BCUT2D eigenvalue weighted by Gasteiger charge is 2.27. The number of ether oxygens (including phenoxy) is 1. The van der Waals surface area contributed by atoms with Gasteiger partial charge in [-0.25, -0.2) is 0 Å². The van der Waals surface area contributed by atoms with Crippen LogP contribution in [0.2, 0.25) is 0 Å². The second kappa shape index (κ2) is 6.02. The summed E-state index contributed by atoms with van der Waals surface area (Å²) in [5.74, 6) is 0.715. The van der Waals surface area contributed by atoms with E-state index in [1.54, 1.807) is 0 Å². The van der Waals surface area contributed by atoms with Gasteiger partial charge in [-0.1, -0.05) is 20.8 Å². The van der Waals surface area contributed by atoms with E-state index in [2.05, 4.69) is 39.9 Å². The molecule has 1 N–H and O–H groups in total. The van der Waals surface area contributed by atoms with Crippen LogP contribution in [0.25, 0.3) is 0 Å². The number of rotatable bonds is 7. The highest BCUT2D eigenvalue weighted by molar-refractivity contribution is 4.84. The summed E-state index contributed by atoms with van der Waals surface area (Å²) in [6, 6.07) is 0.816. The Hall–Kier alpha value is -0.0800. The molecule has 0 aliphatic heterocycles. The number of nitrogens with one attached hydrogen (secondary N) is 1. The van der Waals surface area contributed by atoms with E-state index >= 15 is 0 Å². The lowest BCUT2D eigenvalue weighted by Crippen LogP contribution is -2.34. The van der Waals surface area contributed by atoms with Crippen LogP contribution >= 0.6 is 0 Å². The van der Waals surface area contributed by atoms with Crippen molar-refractivity contribution in [1.29, 1.82) is 0 Å². The Bertz CT molecular complexity index is 191. The van der Waals surface area contributed by atoms with Gasteiger partial charge in [-0.3, -0.25) is 0 Å². The summed E-state index contributed by atoms with van der Waals surface area (Å²) >= 11 is 0. The Morgan fingerprint density at radius 1 is 1.25 bits per heavy atom. The number of hydrogen-bond acceptors (Lipinski definition) is 2. The Kier molecular flexibility index (Phi) is 5.26. The maximum Gasteiger partial charge on any atom is 0.0518 e. The molecular formula is C14H29NO. The van der Waals surface area contributed by atoms with Crippen LogP contribution in [0.5, 0.6) is 0 Å². The third-order valence-corrected chi connectivity index (χ3v) is 3.37. The topological polar surface area (TPSA) is 21.3 Å². The molecule has 0 radical (unpaired) electrons. The minimum atomic E-state index is 0.358. The van der Waals surface area contributed by atoms with Crippen LogP contribution in [-0.2, 0) is 4.74 Å². The first-order chi connectivity index (χ1) is 7.39. The molecule has 0 saturated heterocycles. The second-order valence-electron chi connectivity index (χ2n) is 6.45. The van der Waals surface area contributed by atoms with Gasteiger partial charge in [0.25, 0.3) is 0 Å². The fourth-order valence-electron chi connectivity index (χ4n) is 1.88. The third-order valence-electron chi connectivity index (χ3n) is 3.37. The molecule has 1 atom stereocenters. The van der Waals surface area contributed by atoms with Gasteiger partial charge in [0.2, 0.25) is 0 Å². The van der Waals surface area contributed by atoms with Crippen LogP contribution in [-0.4, -0.2) is 25.3 Å². The zero-order valence-electron chi connectivity index (χ0n) is 11.7. The summed E-state index contributed by atoms with van der Waals surface area (Å²) < 4.78 is 5.66. The van der Waals surface area contributed by atoms with E-state index in [-0.39, 0.29) is 0 Å². The summed E-state index contributed by atoms with van der Waals surface area (Å²) in [5.41, 5.74) is 0.377. The molecule has 1 fully saturated rings. The third kappa shape index (κ3) is 5.86. The molecule has 1 unspecified atom stereocenters. The highest BCUT2D eigenvalue weighted by atomic mass is 16.5. The summed E-state index contributed by atoms with van der Waals surface area (Å²) in [6.45, 7) is 13.3. The maximum atomic E-state index is 5.66. The van der Waals surface area contributed by atoms with Crippen molar-refractivity contribution in [3.63, 3.8) is 0 Å². The fraction of sp³-hybridized carbons (Fsp3) is 1.00. The molecule has 1 aliphatic rings. The Morgan fingerprint density at radius 2 is 1.88 bits per heavy atom. The van der Waals surface area contributed by atoms with E-state index in [0.717, 1.165) is 19.2 Å². The van der Waals surface area contributed by atoms with Gasteiger partial charge < -0.3 is 10.1 Å². The normalized spacial score (nSPS) is 19.1. The van der Waals surface area contributed by atoms with E-state index in [9.17, 15) is 0 Å².